The van der Waals surface area contributed by atoms with E-state index in [2.05, 4.69) is 5.32 Å². The largest absolute Gasteiger partial charge is 0.497 e. The van der Waals surface area contributed by atoms with E-state index < -0.39 is 18.8 Å². The Labute approximate surface area is 104 Å². The van der Waals surface area contributed by atoms with E-state index in [-0.39, 0.29) is 0 Å². The Balaban J connectivity index is 2.25. The van der Waals surface area contributed by atoms with E-state index in [0.29, 0.717) is 13.0 Å². The molecule has 6 heteroatoms. The van der Waals surface area contributed by atoms with Gasteiger partial charge in [0.05, 0.1) is 7.11 Å². The standard InChI is InChI=1S/C12H16F3NO2/c1-18-10-4-2-9(3-5-10)6-7-16-8-11(17)12(13,14)15/h2-5,11,16-17H,6-8H2,1H3. The van der Waals surface area contributed by atoms with Gasteiger partial charge in [-0.1, -0.05) is 12.1 Å². The first-order valence-electron chi connectivity index (χ1n) is 5.52. The van der Waals surface area contributed by atoms with E-state index in [1.54, 1.807) is 19.2 Å². The predicted octanol–water partition coefficient (Wildman–Crippen LogP) is 1.75. The van der Waals surface area contributed by atoms with Crippen LogP contribution in [0.4, 0.5) is 13.2 Å². The van der Waals surface area contributed by atoms with Crippen molar-refractivity contribution in [3.05, 3.63) is 29.8 Å². The van der Waals surface area contributed by atoms with Crippen molar-refractivity contribution in [3.8, 4) is 5.75 Å². The minimum atomic E-state index is -4.56. The van der Waals surface area contributed by atoms with Crippen molar-refractivity contribution in [1.29, 1.82) is 0 Å². The van der Waals surface area contributed by atoms with Crippen LogP contribution in [0.2, 0.25) is 0 Å². The smallest absolute Gasteiger partial charge is 0.415 e. The molecule has 0 bridgehead atoms. The van der Waals surface area contributed by atoms with Gasteiger partial charge in [-0.15, -0.1) is 0 Å². The number of alkyl halides is 3. The summed E-state index contributed by atoms with van der Waals surface area (Å²) in [4.78, 5) is 0. The van der Waals surface area contributed by atoms with Gasteiger partial charge in [0.15, 0.2) is 6.10 Å². The van der Waals surface area contributed by atoms with Gasteiger partial charge in [-0.25, -0.2) is 0 Å². The van der Waals surface area contributed by atoms with E-state index in [1.807, 2.05) is 12.1 Å². The highest BCUT2D eigenvalue weighted by Gasteiger charge is 2.37. The van der Waals surface area contributed by atoms with Crippen LogP contribution in [0, 0.1) is 0 Å². The Morgan fingerprint density at radius 1 is 1.28 bits per heavy atom. The first-order chi connectivity index (χ1) is 8.43. The Morgan fingerprint density at radius 3 is 2.39 bits per heavy atom. The minimum absolute atomic E-state index is 0.374. The molecule has 1 aromatic rings. The molecule has 0 aromatic heterocycles. The third-order valence-electron chi connectivity index (χ3n) is 2.47. The molecule has 102 valence electrons. The summed E-state index contributed by atoms with van der Waals surface area (Å²) in [6.45, 7) is -0.112. The first-order valence-corrected chi connectivity index (χ1v) is 5.52. The number of aliphatic hydroxyl groups excluding tert-OH is 1. The summed E-state index contributed by atoms with van der Waals surface area (Å²) in [5.74, 6) is 0.735. The number of ether oxygens (including phenoxy) is 1. The second-order valence-electron chi connectivity index (χ2n) is 3.86. The Kier molecular flexibility index (Phi) is 5.43. The topological polar surface area (TPSA) is 41.5 Å². The van der Waals surface area contributed by atoms with Crippen molar-refractivity contribution in [2.75, 3.05) is 20.2 Å². The molecule has 1 rings (SSSR count). The van der Waals surface area contributed by atoms with E-state index in [0.717, 1.165) is 11.3 Å². The van der Waals surface area contributed by atoms with E-state index in [9.17, 15) is 13.2 Å². The zero-order valence-electron chi connectivity index (χ0n) is 10.00. The number of halogens is 3. The van der Waals surface area contributed by atoms with Crippen molar-refractivity contribution >= 4 is 0 Å². The molecular formula is C12H16F3NO2. The molecular weight excluding hydrogens is 247 g/mol. The fourth-order valence-electron chi connectivity index (χ4n) is 1.38. The molecule has 1 unspecified atom stereocenters. The summed E-state index contributed by atoms with van der Waals surface area (Å²) in [6, 6.07) is 7.28. The maximum atomic E-state index is 12.0. The maximum absolute atomic E-state index is 12.0. The molecule has 0 aliphatic rings. The van der Waals surface area contributed by atoms with Crippen LogP contribution in [0.15, 0.2) is 24.3 Å². The van der Waals surface area contributed by atoms with Crippen LogP contribution in [0.25, 0.3) is 0 Å². The molecule has 0 spiro atoms. The van der Waals surface area contributed by atoms with Crippen LogP contribution in [0.5, 0.6) is 5.75 Å². The lowest BCUT2D eigenvalue weighted by atomic mass is 10.1. The zero-order chi connectivity index (χ0) is 13.6. The summed E-state index contributed by atoms with van der Waals surface area (Å²) in [7, 11) is 1.56. The second-order valence-corrected chi connectivity index (χ2v) is 3.86. The Bertz CT molecular complexity index is 351. The van der Waals surface area contributed by atoms with E-state index in [1.165, 1.54) is 0 Å². The van der Waals surface area contributed by atoms with Gasteiger partial charge in [0.2, 0.25) is 0 Å². The Hall–Kier alpha value is -1.27. The summed E-state index contributed by atoms with van der Waals surface area (Å²) in [5.41, 5.74) is 0.991. The average molecular weight is 263 g/mol. The molecule has 0 amide bonds. The predicted molar refractivity (Wildman–Crippen MR) is 61.6 cm³/mol. The molecule has 1 atom stereocenters. The third-order valence-corrected chi connectivity index (χ3v) is 2.47. The van der Waals surface area contributed by atoms with E-state index in [4.69, 9.17) is 9.84 Å². The van der Waals surface area contributed by atoms with Gasteiger partial charge in [-0.2, -0.15) is 13.2 Å². The van der Waals surface area contributed by atoms with Gasteiger partial charge in [0.25, 0.3) is 0 Å². The fraction of sp³-hybridized carbons (Fsp3) is 0.500. The van der Waals surface area contributed by atoms with Crippen molar-refractivity contribution in [1.82, 2.24) is 5.32 Å². The summed E-state index contributed by atoms with van der Waals surface area (Å²) < 4.78 is 40.9. The monoisotopic (exact) mass is 263 g/mol. The van der Waals surface area contributed by atoms with Gasteiger partial charge in [-0.05, 0) is 30.7 Å². The maximum Gasteiger partial charge on any atom is 0.415 e. The number of methoxy groups -OCH3 is 1. The van der Waals surface area contributed by atoms with Crippen LogP contribution >= 0.6 is 0 Å². The van der Waals surface area contributed by atoms with Gasteiger partial charge >= 0.3 is 6.18 Å². The molecule has 0 heterocycles. The lowest BCUT2D eigenvalue weighted by molar-refractivity contribution is -0.201. The molecule has 0 radical (unpaired) electrons. The average Bonchev–Trinajstić information content (AvgIpc) is 2.34. The second kappa shape index (κ2) is 6.61. The highest BCUT2D eigenvalue weighted by Crippen LogP contribution is 2.19. The molecule has 0 aliphatic carbocycles. The van der Waals surface area contributed by atoms with Crippen LogP contribution in [-0.4, -0.2) is 37.6 Å². The summed E-state index contributed by atoms with van der Waals surface area (Å²) in [6.07, 6.45) is -6.28. The number of nitrogens with one attached hydrogen (secondary N) is 1. The van der Waals surface area contributed by atoms with Crippen molar-refractivity contribution in [2.45, 2.75) is 18.7 Å². The number of hydrogen-bond donors (Lipinski definition) is 2. The number of hydrogen-bond acceptors (Lipinski definition) is 3. The van der Waals surface area contributed by atoms with Crippen LogP contribution in [0.1, 0.15) is 5.56 Å². The third kappa shape index (κ3) is 4.93. The van der Waals surface area contributed by atoms with Crippen molar-refractivity contribution < 1.29 is 23.0 Å². The normalized spacial score (nSPS) is 13.4. The van der Waals surface area contributed by atoms with Gasteiger partial charge in [0, 0.05) is 6.54 Å². The van der Waals surface area contributed by atoms with Crippen LogP contribution in [-0.2, 0) is 6.42 Å². The Morgan fingerprint density at radius 2 is 1.89 bits per heavy atom. The lowest BCUT2D eigenvalue weighted by Gasteiger charge is -2.14. The van der Waals surface area contributed by atoms with Crippen molar-refractivity contribution in [2.24, 2.45) is 0 Å². The molecule has 18 heavy (non-hydrogen) atoms. The number of benzene rings is 1. The van der Waals surface area contributed by atoms with Crippen LogP contribution < -0.4 is 10.1 Å². The summed E-state index contributed by atoms with van der Waals surface area (Å²) in [5, 5.41) is 11.3. The summed E-state index contributed by atoms with van der Waals surface area (Å²) >= 11 is 0. The van der Waals surface area contributed by atoms with Crippen molar-refractivity contribution in [3.63, 3.8) is 0 Å². The molecule has 1 aromatic carbocycles. The molecule has 2 N–H and O–H groups in total. The highest BCUT2D eigenvalue weighted by molar-refractivity contribution is 5.27. The SMILES string of the molecule is COc1ccc(CCNCC(O)C(F)(F)F)cc1. The minimum Gasteiger partial charge on any atom is -0.497 e. The number of aliphatic hydroxyl groups is 1. The molecule has 0 saturated carbocycles. The van der Waals surface area contributed by atoms with Gasteiger partial charge in [-0.3, -0.25) is 0 Å². The fourth-order valence-corrected chi connectivity index (χ4v) is 1.38. The van der Waals surface area contributed by atoms with Gasteiger partial charge in [0.1, 0.15) is 5.75 Å². The molecule has 0 aliphatic heterocycles. The molecule has 3 nitrogen and oxygen atoms in total. The van der Waals surface area contributed by atoms with Gasteiger partial charge < -0.3 is 15.2 Å². The molecule has 0 fully saturated rings. The lowest BCUT2D eigenvalue weighted by Crippen LogP contribution is -2.38. The zero-order valence-corrected chi connectivity index (χ0v) is 10.00. The quantitative estimate of drug-likeness (QED) is 0.768. The van der Waals surface area contributed by atoms with E-state index >= 15 is 0 Å². The molecule has 0 saturated heterocycles. The highest BCUT2D eigenvalue weighted by atomic mass is 19.4. The first kappa shape index (κ1) is 14.8. The number of rotatable bonds is 6. The van der Waals surface area contributed by atoms with Crippen LogP contribution in [0.3, 0.4) is 0 Å².